The summed E-state index contributed by atoms with van der Waals surface area (Å²) < 4.78 is 0. The molecule has 0 aliphatic rings. The van der Waals surface area contributed by atoms with E-state index < -0.39 is 4.92 Å². The highest BCUT2D eigenvalue weighted by Crippen LogP contribution is 2.28. The molecule has 0 aliphatic carbocycles. The lowest BCUT2D eigenvalue weighted by Gasteiger charge is -2.03. The fraction of sp³-hybridized carbons (Fsp3) is 0.222. The Morgan fingerprint density at radius 3 is 2.67 bits per heavy atom. The first-order chi connectivity index (χ1) is 7.00. The summed E-state index contributed by atoms with van der Waals surface area (Å²) in [7, 11) is 3.64. The zero-order chi connectivity index (χ0) is 11.4. The smallest absolute Gasteiger partial charge is 0.271 e. The van der Waals surface area contributed by atoms with Gasteiger partial charge in [0.1, 0.15) is 0 Å². The zero-order valence-electron chi connectivity index (χ0n) is 8.35. The summed E-state index contributed by atoms with van der Waals surface area (Å²) >= 11 is 5.82. The van der Waals surface area contributed by atoms with Gasteiger partial charge in [-0.25, -0.2) is 4.99 Å². The van der Waals surface area contributed by atoms with E-state index in [1.54, 1.807) is 11.2 Å². The number of nitro groups is 1. The van der Waals surface area contributed by atoms with E-state index in [-0.39, 0.29) is 10.7 Å². The average molecular weight is 228 g/mol. The maximum Gasteiger partial charge on any atom is 0.271 e. The lowest BCUT2D eigenvalue weighted by atomic mass is 10.3. The molecule has 0 aliphatic heterocycles. The van der Waals surface area contributed by atoms with E-state index in [0.717, 1.165) is 0 Å². The van der Waals surface area contributed by atoms with Gasteiger partial charge in [-0.2, -0.15) is 0 Å². The molecule has 0 heterocycles. The quantitative estimate of drug-likeness (QED) is 0.345. The van der Waals surface area contributed by atoms with Crippen LogP contribution in [0.2, 0.25) is 5.02 Å². The first-order valence-corrected chi connectivity index (χ1v) is 4.53. The van der Waals surface area contributed by atoms with Crippen molar-refractivity contribution in [1.82, 2.24) is 4.90 Å². The van der Waals surface area contributed by atoms with Gasteiger partial charge in [-0.3, -0.25) is 10.1 Å². The Balaban J connectivity index is 2.98. The minimum atomic E-state index is -0.495. The fourth-order valence-electron chi connectivity index (χ4n) is 0.892. The molecule has 1 aromatic rings. The molecule has 80 valence electrons. The van der Waals surface area contributed by atoms with E-state index in [1.165, 1.54) is 18.2 Å². The molecule has 6 heteroatoms. The van der Waals surface area contributed by atoms with Gasteiger partial charge in [0.25, 0.3) is 5.69 Å². The Morgan fingerprint density at radius 2 is 2.20 bits per heavy atom. The molecule has 15 heavy (non-hydrogen) atoms. The standard InChI is InChI=1S/C9H10ClN3O2/c1-12(2)6-11-9-4-3-7(13(14)15)5-8(9)10/h3-6H,1-2H3. The molecule has 0 saturated carbocycles. The van der Waals surface area contributed by atoms with Crippen LogP contribution in [-0.4, -0.2) is 30.3 Å². The van der Waals surface area contributed by atoms with Crippen LogP contribution in [0.5, 0.6) is 0 Å². The van der Waals surface area contributed by atoms with Crippen LogP contribution in [-0.2, 0) is 0 Å². The Kier molecular flexibility index (Phi) is 3.62. The summed E-state index contributed by atoms with van der Waals surface area (Å²) in [5.74, 6) is 0. The monoisotopic (exact) mass is 227 g/mol. The summed E-state index contributed by atoms with van der Waals surface area (Å²) in [5, 5.41) is 10.7. The van der Waals surface area contributed by atoms with Crippen molar-refractivity contribution in [3.63, 3.8) is 0 Å². The summed E-state index contributed by atoms with van der Waals surface area (Å²) in [6.45, 7) is 0. The maximum atomic E-state index is 10.4. The Morgan fingerprint density at radius 1 is 1.53 bits per heavy atom. The van der Waals surface area contributed by atoms with Gasteiger partial charge in [-0.05, 0) is 6.07 Å². The number of hydrogen-bond acceptors (Lipinski definition) is 3. The van der Waals surface area contributed by atoms with Gasteiger partial charge in [-0.15, -0.1) is 0 Å². The van der Waals surface area contributed by atoms with Crippen LogP contribution in [0, 0.1) is 10.1 Å². The Bertz CT molecular complexity index is 404. The molecule has 0 amide bonds. The number of rotatable bonds is 3. The number of hydrogen-bond donors (Lipinski definition) is 0. The largest absolute Gasteiger partial charge is 0.369 e. The van der Waals surface area contributed by atoms with Crippen molar-refractivity contribution in [2.45, 2.75) is 0 Å². The molecule has 0 unspecified atom stereocenters. The normalized spacial score (nSPS) is 10.6. The molecule has 0 spiro atoms. The van der Waals surface area contributed by atoms with Crippen molar-refractivity contribution >= 4 is 29.3 Å². The number of non-ortho nitro benzene ring substituents is 1. The molecule has 0 atom stereocenters. The second-order valence-electron chi connectivity index (χ2n) is 3.10. The SMILES string of the molecule is CN(C)C=Nc1ccc([N+](=O)[O-])cc1Cl. The number of aliphatic imine (C=N–C) groups is 1. The van der Waals surface area contributed by atoms with E-state index in [1.807, 2.05) is 14.1 Å². The van der Waals surface area contributed by atoms with Crippen LogP contribution in [0.15, 0.2) is 23.2 Å². The first-order valence-electron chi connectivity index (χ1n) is 4.15. The van der Waals surface area contributed by atoms with E-state index in [0.29, 0.717) is 5.69 Å². The van der Waals surface area contributed by atoms with Gasteiger partial charge >= 0.3 is 0 Å². The maximum absolute atomic E-state index is 10.4. The number of nitro benzene ring substituents is 1. The van der Waals surface area contributed by atoms with Gasteiger partial charge in [0.15, 0.2) is 0 Å². The summed E-state index contributed by atoms with van der Waals surface area (Å²) in [6, 6.07) is 4.17. The Labute approximate surface area is 92.1 Å². The number of nitrogens with zero attached hydrogens (tertiary/aromatic N) is 3. The van der Waals surface area contributed by atoms with E-state index in [4.69, 9.17) is 11.6 Å². The first kappa shape index (κ1) is 11.5. The molecular formula is C9H10ClN3O2. The second kappa shape index (κ2) is 4.75. The molecular weight excluding hydrogens is 218 g/mol. The van der Waals surface area contributed by atoms with E-state index in [2.05, 4.69) is 4.99 Å². The lowest BCUT2D eigenvalue weighted by Crippen LogP contribution is -2.06. The summed E-state index contributed by atoms with van der Waals surface area (Å²) in [4.78, 5) is 15.7. The molecule has 1 aromatic carbocycles. The van der Waals surface area contributed by atoms with Crippen LogP contribution in [0.1, 0.15) is 0 Å². The van der Waals surface area contributed by atoms with E-state index >= 15 is 0 Å². The van der Waals surface area contributed by atoms with Crippen LogP contribution in [0.25, 0.3) is 0 Å². The highest BCUT2D eigenvalue weighted by molar-refractivity contribution is 6.33. The van der Waals surface area contributed by atoms with Crippen LogP contribution in [0.4, 0.5) is 11.4 Å². The zero-order valence-corrected chi connectivity index (χ0v) is 9.10. The van der Waals surface area contributed by atoms with Crippen molar-refractivity contribution in [3.05, 3.63) is 33.3 Å². The second-order valence-corrected chi connectivity index (χ2v) is 3.51. The molecule has 0 bridgehead atoms. The number of benzene rings is 1. The predicted molar refractivity (Wildman–Crippen MR) is 59.9 cm³/mol. The highest BCUT2D eigenvalue weighted by atomic mass is 35.5. The Hall–Kier alpha value is -1.62. The third-order valence-electron chi connectivity index (χ3n) is 1.57. The van der Waals surface area contributed by atoms with Crippen molar-refractivity contribution < 1.29 is 4.92 Å². The average Bonchev–Trinajstić information content (AvgIpc) is 2.15. The molecule has 0 aromatic heterocycles. The van der Waals surface area contributed by atoms with Crippen molar-refractivity contribution in [3.8, 4) is 0 Å². The van der Waals surface area contributed by atoms with E-state index in [9.17, 15) is 10.1 Å². The van der Waals surface area contributed by atoms with Crippen LogP contribution >= 0.6 is 11.6 Å². The van der Waals surface area contributed by atoms with Crippen molar-refractivity contribution in [2.75, 3.05) is 14.1 Å². The third kappa shape index (κ3) is 3.21. The summed E-state index contributed by atoms with van der Waals surface area (Å²) in [5.41, 5.74) is 0.472. The van der Waals surface area contributed by atoms with Gasteiger partial charge < -0.3 is 4.90 Å². The molecule has 1 rings (SSSR count). The van der Waals surface area contributed by atoms with Gasteiger partial charge in [0, 0.05) is 26.2 Å². The van der Waals surface area contributed by atoms with Gasteiger partial charge in [0.05, 0.1) is 22.0 Å². The van der Waals surface area contributed by atoms with Crippen LogP contribution in [0.3, 0.4) is 0 Å². The molecule has 0 fully saturated rings. The van der Waals surface area contributed by atoms with Crippen molar-refractivity contribution in [1.29, 1.82) is 0 Å². The summed E-state index contributed by atoms with van der Waals surface area (Å²) in [6.07, 6.45) is 1.58. The minimum absolute atomic E-state index is 0.0381. The topological polar surface area (TPSA) is 58.7 Å². The molecule has 0 N–H and O–H groups in total. The number of halogens is 1. The molecule has 5 nitrogen and oxygen atoms in total. The lowest BCUT2D eigenvalue weighted by molar-refractivity contribution is -0.384. The minimum Gasteiger partial charge on any atom is -0.369 e. The van der Waals surface area contributed by atoms with Crippen molar-refractivity contribution in [2.24, 2.45) is 4.99 Å². The molecule has 0 saturated heterocycles. The predicted octanol–water partition coefficient (Wildman–Crippen LogP) is 2.47. The molecule has 0 radical (unpaired) electrons. The van der Waals surface area contributed by atoms with Gasteiger partial charge in [-0.1, -0.05) is 11.6 Å². The fourth-order valence-corrected chi connectivity index (χ4v) is 1.12. The van der Waals surface area contributed by atoms with Crippen LogP contribution < -0.4 is 0 Å². The third-order valence-corrected chi connectivity index (χ3v) is 1.87. The van der Waals surface area contributed by atoms with Gasteiger partial charge in [0.2, 0.25) is 0 Å². The highest BCUT2D eigenvalue weighted by Gasteiger charge is 2.08.